The number of rotatable bonds is 3. The largest absolute Gasteiger partial charge is 1.00 e. The van der Waals surface area contributed by atoms with E-state index < -0.39 is 11.6 Å². The molecular weight excluding hydrogens is 501 g/mol. The number of carbonyl (C=O) groups excluding carboxylic acids is 1. The fraction of sp³-hybridized carbons (Fsp3) is 0.259. The number of hydrogen-bond acceptors (Lipinski definition) is 5. The van der Waals surface area contributed by atoms with Gasteiger partial charge in [0, 0.05) is 33.7 Å². The maximum atomic E-state index is 13.7. The summed E-state index contributed by atoms with van der Waals surface area (Å²) in [5, 5.41) is 12.9. The second-order valence-electron chi connectivity index (χ2n) is 9.16. The van der Waals surface area contributed by atoms with Crippen LogP contribution in [-0.4, -0.2) is 20.6 Å². The first-order valence-electron chi connectivity index (χ1n) is 11.6. The molecule has 184 valence electrons. The number of cyclic esters (lactones) is 1. The second-order valence-corrected chi connectivity index (χ2v) is 9.60. The lowest BCUT2D eigenvalue weighted by Crippen LogP contribution is -3.00. The van der Waals surface area contributed by atoms with Crippen molar-refractivity contribution in [2.45, 2.75) is 45.1 Å². The normalized spacial score (nSPS) is 18.0. The fourth-order valence-corrected chi connectivity index (χ4v) is 5.41. The Morgan fingerprint density at radius 2 is 1.94 bits per heavy atom. The molecule has 1 N–H and O–H groups in total. The number of aromatic nitrogens is 3. The average Bonchev–Trinajstić information content (AvgIpc) is 3.16. The minimum Gasteiger partial charge on any atom is -1.00 e. The number of halogens is 2. The Bertz CT molecular complexity index is 1590. The summed E-state index contributed by atoms with van der Waals surface area (Å²) in [6.07, 6.45) is 4.09. The topological polar surface area (TPSA) is 85.3 Å². The molecule has 2 aliphatic heterocycles. The van der Waals surface area contributed by atoms with Gasteiger partial charge < -0.3 is 26.8 Å². The molecule has 0 amide bonds. The van der Waals surface area contributed by atoms with Crippen LogP contribution in [0.2, 0.25) is 5.02 Å². The van der Waals surface area contributed by atoms with Crippen LogP contribution in [0.15, 0.2) is 59.7 Å². The number of pyridine rings is 3. The maximum Gasteiger partial charge on any atom is 0.309 e. The highest BCUT2D eigenvalue weighted by atomic mass is 35.5. The van der Waals surface area contributed by atoms with Crippen LogP contribution < -0.4 is 22.5 Å². The van der Waals surface area contributed by atoms with Crippen LogP contribution in [0.4, 0.5) is 0 Å². The number of fused-ring (bicyclic) bond motifs is 5. The minimum atomic E-state index is -1.47. The van der Waals surface area contributed by atoms with Crippen molar-refractivity contribution in [1.82, 2.24) is 9.55 Å². The van der Waals surface area contributed by atoms with Crippen molar-refractivity contribution in [1.29, 1.82) is 0 Å². The molecule has 5 heterocycles. The zero-order valence-electron chi connectivity index (χ0n) is 19.5. The van der Waals surface area contributed by atoms with E-state index in [1.807, 2.05) is 54.9 Å². The van der Waals surface area contributed by atoms with Crippen LogP contribution in [0.3, 0.4) is 0 Å². The Kier molecular flexibility index (Phi) is 6.11. The van der Waals surface area contributed by atoms with Crippen molar-refractivity contribution in [3.63, 3.8) is 0 Å². The Hall–Kier alpha value is -3.26. The van der Waals surface area contributed by atoms with Crippen LogP contribution in [0.25, 0.3) is 22.3 Å². The molecule has 6 rings (SSSR count). The molecule has 0 fully saturated rings. The lowest BCUT2D eigenvalue weighted by Gasteiger charge is -2.26. The maximum absolute atomic E-state index is 13.7. The molecule has 1 aromatic carbocycles. The van der Waals surface area contributed by atoms with Gasteiger partial charge in [-0.05, 0) is 30.2 Å². The lowest BCUT2D eigenvalue weighted by molar-refractivity contribution is -0.688. The number of esters is 1. The van der Waals surface area contributed by atoms with Gasteiger partial charge in [-0.3, -0.25) is 9.59 Å². The number of hydrogen-bond donors (Lipinski definition) is 1. The first-order valence-corrected chi connectivity index (χ1v) is 12.0. The van der Waals surface area contributed by atoms with Crippen LogP contribution >= 0.6 is 11.6 Å². The summed E-state index contributed by atoms with van der Waals surface area (Å²) in [4.78, 5) is 30.8. The van der Waals surface area contributed by atoms with E-state index in [-0.39, 0.29) is 37.4 Å². The molecule has 0 bridgehead atoms. The van der Waals surface area contributed by atoms with E-state index in [9.17, 15) is 14.7 Å². The summed E-state index contributed by atoms with van der Waals surface area (Å²) in [7, 11) is 0. The van der Waals surface area contributed by atoms with Crippen LogP contribution in [-0.2, 0) is 34.8 Å². The number of carbonyl (C=O) groups is 1. The third-order valence-electron chi connectivity index (χ3n) is 7.14. The van der Waals surface area contributed by atoms with E-state index in [2.05, 4.69) is 4.57 Å². The summed E-state index contributed by atoms with van der Waals surface area (Å²) in [5.41, 5.74) is 3.13. The van der Waals surface area contributed by atoms with Gasteiger partial charge in [0.2, 0.25) is 0 Å². The van der Waals surface area contributed by atoms with Crippen molar-refractivity contribution in [3.05, 3.63) is 92.5 Å². The first kappa shape index (κ1) is 24.4. The number of ether oxygens (including phenoxy) is 1. The molecule has 0 saturated heterocycles. The molecule has 1 unspecified atom stereocenters. The predicted octanol–water partition coefficient (Wildman–Crippen LogP) is 0.463. The lowest BCUT2D eigenvalue weighted by atomic mass is 9.85. The standard InChI is InChI=1S/C27H23ClN3O4.ClH/c1-2-27(34)12-24(32)35-15-20-21(27)11-23-25-19(14-31(23)26(20)33)18(13-30-8-4-3-5-9-30)17-7-6-16(28)10-22(17)29-25;/h3-11,34H,2,12-15H2,1H3;1H/q+1;/p-1. The second kappa shape index (κ2) is 9.00. The van der Waals surface area contributed by atoms with E-state index in [0.29, 0.717) is 40.6 Å². The Morgan fingerprint density at radius 3 is 2.69 bits per heavy atom. The molecule has 0 saturated carbocycles. The van der Waals surface area contributed by atoms with E-state index in [4.69, 9.17) is 21.3 Å². The van der Waals surface area contributed by atoms with Crippen molar-refractivity contribution in [2.75, 3.05) is 0 Å². The minimum absolute atomic E-state index is 0. The molecule has 4 aromatic rings. The average molecular weight is 524 g/mol. The van der Waals surface area contributed by atoms with E-state index >= 15 is 0 Å². The highest BCUT2D eigenvalue weighted by Crippen LogP contribution is 2.40. The third kappa shape index (κ3) is 3.79. The summed E-state index contributed by atoms with van der Waals surface area (Å²) in [6.45, 7) is 2.60. The van der Waals surface area contributed by atoms with Gasteiger partial charge in [0.1, 0.15) is 12.2 Å². The number of benzene rings is 1. The van der Waals surface area contributed by atoms with E-state index in [0.717, 1.165) is 22.0 Å². The van der Waals surface area contributed by atoms with Gasteiger partial charge in [-0.15, -0.1) is 0 Å². The summed E-state index contributed by atoms with van der Waals surface area (Å²) < 4.78 is 9.03. The molecule has 2 aliphatic rings. The van der Waals surface area contributed by atoms with E-state index in [1.165, 1.54) is 0 Å². The summed E-state index contributed by atoms with van der Waals surface area (Å²) in [6, 6.07) is 13.4. The van der Waals surface area contributed by atoms with Gasteiger partial charge in [0.05, 0.1) is 35.4 Å². The quantitative estimate of drug-likeness (QED) is 0.274. The Labute approximate surface area is 218 Å². The molecular formula is C27H23Cl2N3O4. The first-order chi connectivity index (χ1) is 16.9. The fourth-order valence-electron chi connectivity index (χ4n) is 5.24. The summed E-state index contributed by atoms with van der Waals surface area (Å²) >= 11 is 6.31. The highest BCUT2D eigenvalue weighted by molar-refractivity contribution is 6.31. The zero-order chi connectivity index (χ0) is 24.3. The van der Waals surface area contributed by atoms with Gasteiger partial charge in [0.15, 0.2) is 18.9 Å². The van der Waals surface area contributed by atoms with Gasteiger partial charge in [0.25, 0.3) is 5.56 Å². The smallest absolute Gasteiger partial charge is 0.309 e. The van der Waals surface area contributed by atoms with Crippen molar-refractivity contribution in [2.24, 2.45) is 0 Å². The molecule has 1 atom stereocenters. The number of aliphatic hydroxyl groups is 1. The molecule has 7 nitrogen and oxygen atoms in total. The van der Waals surface area contributed by atoms with Gasteiger partial charge in [-0.25, -0.2) is 9.55 Å². The molecule has 0 spiro atoms. The SMILES string of the molecule is CCC1(O)CC(=O)OCc2c1cc1n(c2=O)Cc2c-1nc1cc(Cl)ccc1c2C[n+]1ccccc1.[Cl-]. The van der Waals surface area contributed by atoms with Crippen LogP contribution in [0.1, 0.15) is 42.0 Å². The van der Waals surface area contributed by atoms with Gasteiger partial charge in [-0.2, -0.15) is 0 Å². The van der Waals surface area contributed by atoms with Crippen LogP contribution in [0, 0.1) is 0 Å². The number of nitrogens with zero attached hydrogens (tertiary/aromatic N) is 3. The van der Waals surface area contributed by atoms with Gasteiger partial charge in [-0.1, -0.05) is 30.7 Å². The molecule has 0 aliphatic carbocycles. The van der Waals surface area contributed by atoms with Crippen molar-refractivity contribution < 1.29 is 31.6 Å². The van der Waals surface area contributed by atoms with Crippen molar-refractivity contribution >= 4 is 28.5 Å². The molecule has 36 heavy (non-hydrogen) atoms. The molecule has 3 aromatic heterocycles. The Balaban J connectivity index is 0.00000267. The predicted molar refractivity (Wildman–Crippen MR) is 130 cm³/mol. The van der Waals surface area contributed by atoms with Gasteiger partial charge >= 0.3 is 5.97 Å². The zero-order valence-corrected chi connectivity index (χ0v) is 21.0. The molecule has 9 heteroatoms. The van der Waals surface area contributed by atoms with Crippen LogP contribution in [0.5, 0.6) is 0 Å². The highest BCUT2D eigenvalue weighted by Gasteiger charge is 2.40. The van der Waals surface area contributed by atoms with E-state index in [1.54, 1.807) is 11.5 Å². The summed E-state index contributed by atoms with van der Waals surface area (Å²) in [5.74, 6) is -0.517. The Morgan fingerprint density at radius 1 is 1.17 bits per heavy atom. The van der Waals surface area contributed by atoms with Crippen molar-refractivity contribution in [3.8, 4) is 11.4 Å². The monoisotopic (exact) mass is 523 g/mol. The third-order valence-corrected chi connectivity index (χ3v) is 7.38. The molecule has 0 radical (unpaired) electrons.